The van der Waals surface area contributed by atoms with E-state index in [1.54, 1.807) is 43.3 Å². The first-order valence-electron chi connectivity index (χ1n) is 9.31. The molecule has 1 heterocycles. The maximum absolute atomic E-state index is 12.7. The number of aryl methyl sites for hydroxylation is 1. The number of halogens is 1. The van der Waals surface area contributed by atoms with E-state index in [0.29, 0.717) is 22.0 Å². The van der Waals surface area contributed by atoms with Gasteiger partial charge >= 0.3 is 0 Å². The number of nitrogens with one attached hydrogen (secondary N) is 3. The molecule has 160 valence electrons. The largest absolute Gasteiger partial charge is 0.326 e. The minimum Gasteiger partial charge on any atom is -0.326 e. The zero-order chi connectivity index (χ0) is 22.5. The van der Waals surface area contributed by atoms with Gasteiger partial charge in [-0.2, -0.15) is 0 Å². The molecule has 0 radical (unpaired) electrons. The second-order valence-electron chi connectivity index (χ2n) is 6.79. The Labute approximate surface area is 187 Å². The van der Waals surface area contributed by atoms with Crippen molar-refractivity contribution < 1.29 is 9.59 Å². The van der Waals surface area contributed by atoms with E-state index in [2.05, 4.69) is 25.8 Å². The molecule has 0 aliphatic rings. The molecule has 0 unspecified atom stereocenters. The smallest absolute Gasteiger partial charge is 0.278 e. The van der Waals surface area contributed by atoms with Crippen molar-refractivity contribution in [2.24, 2.45) is 0 Å². The summed E-state index contributed by atoms with van der Waals surface area (Å²) in [6.07, 6.45) is 0. The molecule has 3 N–H and O–H groups in total. The van der Waals surface area contributed by atoms with Crippen LogP contribution in [0, 0.1) is 6.92 Å². The summed E-state index contributed by atoms with van der Waals surface area (Å²) in [5.41, 5.74) is 2.05. The van der Waals surface area contributed by atoms with E-state index >= 15 is 0 Å². The molecular weight excluding hydrogens is 438 g/mol. The lowest BCUT2D eigenvalue weighted by Crippen LogP contribution is -2.23. The number of benzene rings is 2. The van der Waals surface area contributed by atoms with Crippen molar-refractivity contribution in [3.05, 3.63) is 63.4 Å². The van der Waals surface area contributed by atoms with Crippen LogP contribution in [0.5, 0.6) is 0 Å². The number of H-pyrrole nitrogens is 1. The zero-order valence-electron chi connectivity index (χ0n) is 17.0. The molecule has 31 heavy (non-hydrogen) atoms. The molecule has 0 fully saturated rings. The Morgan fingerprint density at radius 3 is 2.45 bits per heavy atom. The number of hydrogen-bond acceptors (Lipinski definition) is 6. The lowest BCUT2D eigenvalue weighted by Gasteiger charge is -2.12. The maximum Gasteiger partial charge on any atom is 0.278 e. The average Bonchev–Trinajstić information content (AvgIpc) is 2.71. The number of anilines is 2. The van der Waals surface area contributed by atoms with Crippen molar-refractivity contribution in [1.82, 2.24) is 15.2 Å². The Kier molecular flexibility index (Phi) is 7.09. The number of nitrogens with zero attached hydrogens (tertiary/aromatic N) is 2. The molecule has 0 saturated carbocycles. The number of rotatable bonds is 6. The van der Waals surface area contributed by atoms with E-state index in [4.69, 9.17) is 11.6 Å². The Bertz CT molecular complexity index is 1180. The molecule has 0 spiro atoms. The second kappa shape index (κ2) is 9.76. The highest BCUT2D eigenvalue weighted by Crippen LogP contribution is 2.26. The van der Waals surface area contributed by atoms with E-state index in [9.17, 15) is 14.4 Å². The van der Waals surface area contributed by atoms with Crippen LogP contribution in [0.25, 0.3) is 11.3 Å². The second-order valence-corrected chi connectivity index (χ2v) is 8.56. The highest BCUT2D eigenvalue weighted by atomic mass is 35.5. The first-order valence-corrected chi connectivity index (χ1v) is 10.6. The summed E-state index contributed by atoms with van der Waals surface area (Å²) in [5, 5.41) is 13.8. The van der Waals surface area contributed by atoms with Gasteiger partial charge in [0.2, 0.25) is 11.8 Å². The van der Waals surface area contributed by atoms with Crippen LogP contribution in [0.3, 0.4) is 0 Å². The molecule has 1 atom stereocenters. The SMILES string of the molecule is CC(=O)Nc1ccc(C)cc1-c1nnc(S[C@@H](C)C(=O)Nc2ccc(Cl)cc2)[nH]c1=O. The van der Waals surface area contributed by atoms with Gasteiger partial charge in [0.25, 0.3) is 5.56 Å². The fraction of sp³-hybridized carbons (Fsp3) is 0.190. The molecule has 1 aromatic heterocycles. The fourth-order valence-electron chi connectivity index (χ4n) is 2.70. The van der Waals surface area contributed by atoms with E-state index in [1.165, 1.54) is 6.92 Å². The fourth-order valence-corrected chi connectivity index (χ4v) is 3.57. The van der Waals surface area contributed by atoms with Gasteiger partial charge in [0, 0.05) is 23.2 Å². The van der Waals surface area contributed by atoms with Crippen LogP contribution >= 0.6 is 23.4 Å². The Morgan fingerprint density at radius 1 is 1.10 bits per heavy atom. The van der Waals surface area contributed by atoms with Gasteiger partial charge in [-0.25, -0.2) is 0 Å². The number of thioether (sulfide) groups is 1. The summed E-state index contributed by atoms with van der Waals surface area (Å²) in [4.78, 5) is 39.2. The number of aromatic nitrogens is 3. The molecular formula is C21H20ClN5O3S. The van der Waals surface area contributed by atoms with Gasteiger partial charge in [0.05, 0.1) is 10.9 Å². The van der Waals surface area contributed by atoms with Gasteiger partial charge in [-0.3, -0.25) is 19.4 Å². The molecule has 0 saturated heterocycles. The van der Waals surface area contributed by atoms with Gasteiger partial charge in [-0.1, -0.05) is 35.0 Å². The first-order chi connectivity index (χ1) is 14.7. The summed E-state index contributed by atoms with van der Waals surface area (Å²) in [7, 11) is 0. The molecule has 0 aliphatic carbocycles. The quantitative estimate of drug-likeness (QED) is 0.484. The molecule has 8 nitrogen and oxygen atoms in total. The third kappa shape index (κ3) is 5.93. The Morgan fingerprint density at radius 2 is 1.81 bits per heavy atom. The van der Waals surface area contributed by atoms with Crippen LogP contribution < -0.4 is 16.2 Å². The summed E-state index contributed by atoms with van der Waals surface area (Å²) < 4.78 is 0. The molecule has 3 rings (SSSR count). The van der Waals surface area contributed by atoms with Crippen molar-refractivity contribution >= 4 is 46.6 Å². The van der Waals surface area contributed by atoms with Crippen LogP contribution in [-0.2, 0) is 9.59 Å². The summed E-state index contributed by atoms with van der Waals surface area (Å²) in [5.74, 6) is -0.520. The minimum atomic E-state index is -0.541. The average molecular weight is 458 g/mol. The molecule has 0 bridgehead atoms. The van der Waals surface area contributed by atoms with Gasteiger partial charge in [-0.05, 0) is 50.2 Å². The van der Waals surface area contributed by atoms with E-state index in [0.717, 1.165) is 17.3 Å². The van der Waals surface area contributed by atoms with Crippen molar-refractivity contribution in [3.8, 4) is 11.3 Å². The normalized spacial score (nSPS) is 11.6. The van der Waals surface area contributed by atoms with Crippen molar-refractivity contribution in [3.63, 3.8) is 0 Å². The Balaban J connectivity index is 1.77. The van der Waals surface area contributed by atoms with Gasteiger partial charge < -0.3 is 10.6 Å². The number of carbonyl (C=O) groups is 2. The molecule has 3 aromatic rings. The van der Waals surface area contributed by atoms with E-state index in [1.807, 2.05) is 13.0 Å². The van der Waals surface area contributed by atoms with Crippen LogP contribution in [0.2, 0.25) is 5.02 Å². The molecule has 2 aromatic carbocycles. The number of aromatic amines is 1. The van der Waals surface area contributed by atoms with Crippen molar-refractivity contribution in [1.29, 1.82) is 0 Å². The predicted octanol–water partition coefficient (Wildman–Crippen LogP) is 3.87. The van der Waals surface area contributed by atoms with E-state index in [-0.39, 0.29) is 22.7 Å². The number of hydrogen-bond donors (Lipinski definition) is 3. The molecule has 0 aliphatic heterocycles. The van der Waals surface area contributed by atoms with Crippen molar-refractivity contribution in [2.45, 2.75) is 31.2 Å². The van der Waals surface area contributed by atoms with Gasteiger partial charge in [0.15, 0.2) is 10.9 Å². The van der Waals surface area contributed by atoms with Crippen LogP contribution in [-0.4, -0.2) is 32.2 Å². The summed E-state index contributed by atoms with van der Waals surface area (Å²) in [6.45, 7) is 4.95. The van der Waals surface area contributed by atoms with E-state index < -0.39 is 10.8 Å². The van der Waals surface area contributed by atoms with Crippen molar-refractivity contribution in [2.75, 3.05) is 10.6 Å². The van der Waals surface area contributed by atoms with Crippen LogP contribution in [0.15, 0.2) is 52.4 Å². The molecule has 2 amide bonds. The predicted molar refractivity (Wildman–Crippen MR) is 123 cm³/mol. The lowest BCUT2D eigenvalue weighted by molar-refractivity contribution is -0.115. The topological polar surface area (TPSA) is 117 Å². The number of amides is 2. The first kappa shape index (κ1) is 22.5. The zero-order valence-corrected chi connectivity index (χ0v) is 18.6. The highest BCUT2D eigenvalue weighted by molar-refractivity contribution is 8.00. The Hall–Kier alpha value is -3.17. The maximum atomic E-state index is 12.7. The van der Waals surface area contributed by atoms with Crippen LogP contribution in [0.1, 0.15) is 19.4 Å². The standard InChI is InChI=1S/C21H20ClN5O3S/c1-11-4-9-17(23-13(3)28)16(10-11)18-20(30)25-21(27-26-18)31-12(2)19(29)24-15-7-5-14(22)6-8-15/h4-10,12H,1-3H3,(H,23,28)(H,24,29)(H,25,27,30)/t12-/m0/s1. The minimum absolute atomic E-state index is 0.0788. The third-order valence-electron chi connectivity index (χ3n) is 4.19. The van der Waals surface area contributed by atoms with Crippen LogP contribution in [0.4, 0.5) is 11.4 Å². The summed E-state index contributed by atoms with van der Waals surface area (Å²) >= 11 is 6.92. The third-order valence-corrected chi connectivity index (χ3v) is 5.41. The highest BCUT2D eigenvalue weighted by Gasteiger charge is 2.18. The lowest BCUT2D eigenvalue weighted by atomic mass is 10.1. The molecule has 10 heteroatoms. The van der Waals surface area contributed by atoms with Gasteiger partial charge in [0.1, 0.15) is 0 Å². The van der Waals surface area contributed by atoms with Gasteiger partial charge in [-0.15, -0.1) is 10.2 Å². The monoisotopic (exact) mass is 457 g/mol. The summed E-state index contributed by atoms with van der Waals surface area (Å²) in [6, 6.07) is 12.0. The number of carbonyl (C=O) groups excluding carboxylic acids is 2.